The lowest BCUT2D eigenvalue weighted by molar-refractivity contribution is 0.595. The Bertz CT molecular complexity index is 481. The molecule has 0 fully saturated rings. The summed E-state index contributed by atoms with van der Waals surface area (Å²) in [6.07, 6.45) is 2.94. The van der Waals surface area contributed by atoms with Gasteiger partial charge in [0.1, 0.15) is 0 Å². The van der Waals surface area contributed by atoms with Crippen LogP contribution in [0, 0.1) is 0 Å². The van der Waals surface area contributed by atoms with Crippen molar-refractivity contribution in [2.24, 2.45) is 0 Å². The van der Waals surface area contributed by atoms with Crippen LogP contribution in [0.5, 0.6) is 0 Å². The molecule has 0 spiro atoms. The molecule has 0 saturated heterocycles. The normalized spacial score (nSPS) is 13.8. The van der Waals surface area contributed by atoms with Gasteiger partial charge in [0.15, 0.2) is 0 Å². The summed E-state index contributed by atoms with van der Waals surface area (Å²) in [5.74, 6) is 0.513. The van der Waals surface area contributed by atoms with Gasteiger partial charge in [-0.05, 0) is 6.42 Å². The summed E-state index contributed by atoms with van der Waals surface area (Å²) in [7, 11) is -4.55. The van der Waals surface area contributed by atoms with E-state index < -0.39 is 20.6 Å². The Morgan fingerprint density at radius 2 is 1.94 bits per heavy atom. The fourth-order valence-electron chi connectivity index (χ4n) is 1.11. The molecule has 8 heteroatoms. The minimum Gasteiger partial charge on any atom is -0.252 e. The lowest BCUT2D eigenvalue weighted by atomic mass is 10.3. The molecule has 1 aromatic rings. The van der Waals surface area contributed by atoms with E-state index in [1.807, 2.05) is 0 Å². The van der Waals surface area contributed by atoms with Crippen LogP contribution >= 0.6 is 11.3 Å². The van der Waals surface area contributed by atoms with Gasteiger partial charge < -0.3 is 0 Å². The minimum absolute atomic E-state index is 0.00982. The van der Waals surface area contributed by atoms with Crippen LogP contribution in [-0.4, -0.2) is 34.3 Å². The van der Waals surface area contributed by atoms with Crippen molar-refractivity contribution in [1.82, 2.24) is 10.2 Å². The van der Waals surface area contributed by atoms with Gasteiger partial charge in [-0.15, -0.1) is 10.2 Å². The second kappa shape index (κ2) is 6.55. The number of rotatable bonds is 7. The van der Waals surface area contributed by atoms with Crippen molar-refractivity contribution in [3.63, 3.8) is 0 Å². The summed E-state index contributed by atoms with van der Waals surface area (Å²) >= 11 is 0.920. The Morgan fingerprint density at radius 3 is 2.53 bits per heavy atom. The Labute approximate surface area is 108 Å². The Hall–Kier alpha value is -0.340. The summed E-state index contributed by atoms with van der Waals surface area (Å²) in [6.45, 7) is 3.62. The molecule has 1 unspecified atom stereocenters. The zero-order valence-corrected chi connectivity index (χ0v) is 12.3. The van der Waals surface area contributed by atoms with Crippen LogP contribution in [0.1, 0.15) is 33.1 Å². The molecule has 0 N–H and O–H groups in total. The predicted octanol–water partition coefficient (Wildman–Crippen LogP) is 1.63. The van der Waals surface area contributed by atoms with E-state index in [0.29, 0.717) is 10.1 Å². The highest BCUT2D eigenvalue weighted by Crippen LogP contribution is 2.20. The zero-order chi connectivity index (χ0) is 12.9. The van der Waals surface area contributed by atoms with Gasteiger partial charge in [0.05, 0.1) is 16.6 Å². The van der Waals surface area contributed by atoms with E-state index in [1.54, 1.807) is 6.92 Å². The van der Waals surface area contributed by atoms with Crippen LogP contribution in [-0.2, 0) is 20.6 Å². The molecule has 0 saturated carbocycles. The summed E-state index contributed by atoms with van der Waals surface area (Å²) in [6, 6.07) is 0. The molecule has 0 bridgehead atoms. The summed E-state index contributed by atoms with van der Waals surface area (Å²) in [5, 5.41) is 7.29. The predicted molar refractivity (Wildman–Crippen MR) is 68.4 cm³/mol. The minimum atomic E-state index is -3.33. The van der Waals surface area contributed by atoms with Crippen molar-refractivity contribution in [2.75, 3.05) is 11.5 Å². The van der Waals surface area contributed by atoms with E-state index in [1.165, 1.54) is 0 Å². The Morgan fingerprint density at radius 1 is 1.24 bits per heavy atom. The molecular weight excluding hydrogens is 280 g/mol. The zero-order valence-electron chi connectivity index (χ0n) is 9.88. The first-order valence-corrected chi connectivity index (χ1v) is 9.24. The van der Waals surface area contributed by atoms with E-state index in [9.17, 15) is 12.6 Å². The van der Waals surface area contributed by atoms with Crippen molar-refractivity contribution in [2.45, 2.75) is 41.8 Å². The van der Waals surface area contributed by atoms with E-state index in [-0.39, 0.29) is 10.1 Å². The average Bonchev–Trinajstić information content (AvgIpc) is 2.79. The maximum absolute atomic E-state index is 11.8. The monoisotopic (exact) mass is 296 g/mol. The van der Waals surface area contributed by atoms with Crippen molar-refractivity contribution >= 4 is 32.0 Å². The maximum Gasteiger partial charge on any atom is 0.233 e. The number of hydrogen-bond donors (Lipinski definition) is 0. The highest BCUT2D eigenvalue weighted by Gasteiger charge is 2.20. The number of hydrogen-bond acceptors (Lipinski definition) is 6. The highest BCUT2D eigenvalue weighted by atomic mass is 32.2. The van der Waals surface area contributed by atoms with Crippen molar-refractivity contribution < 1.29 is 12.6 Å². The molecule has 0 amide bonds. The number of nitrogens with zero attached hydrogens (tertiary/aromatic N) is 2. The molecule has 0 aromatic carbocycles. The molecule has 1 heterocycles. The largest absolute Gasteiger partial charge is 0.252 e. The molecule has 17 heavy (non-hydrogen) atoms. The summed E-state index contributed by atoms with van der Waals surface area (Å²) in [4.78, 5) is 0. The lowest BCUT2D eigenvalue weighted by Crippen LogP contribution is -2.02. The van der Waals surface area contributed by atoms with Crippen LogP contribution < -0.4 is 0 Å². The molecular formula is C9H16N2O3S3. The number of sulfone groups is 1. The molecule has 1 rings (SSSR count). The third-order valence-electron chi connectivity index (χ3n) is 2.16. The SMILES string of the molecule is CCCCCS(=O)c1nnc(S(=O)(=O)CC)s1. The fraction of sp³-hybridized carbons (Fsp3) is 0.778. The van der Waals surface area contributed by atoms with Crippen molar-refractivity contribution in [1.29, 1.82) is 0 Å². The van der Waals surface area contributed by atoms with E-state index in [0.717, 1.165) is 30.6 Å². The van der Waals surface area contributed by atoms with Gasteiger partial charge in [-0.3, -0.25) is 4.21 Å². The maximum atomic E-state index is 11.8. The highest BCUT2D eigenvalue weighted by molar-refractivity contribution is 7.94. The van der Waals surface area contributed by atoms with Crippen LogP contribution in [0.3, 0.4) is 0 Å². The third kappa shape index (κ3) is 4.11. The smallest absolute Gasteiger partial charge is 0.233 e. The van der Waals surface area contributed by atoms with Gasteiger partial charge in [0.2, 0.25) is 18.5 Å². The van der Waals surface area contributed by atoms with Crippen LogP contribution in [0.2, 0.25) is 0 Å². The standard InChI is InChI=1S/C9H16N2O3S3/c1-3-5-6-7-16(12)8-10-11-9(15-8)17(13,14)4-2/h3-7H2,1-2H3. The van der Waals surface area contributed by atoms with Gasteiger partial charge >= 0.3 is 0 Å². The van der Waals surface area contributed by atoms with E-state index >= 15 is 0 Å². The Balaban J connectivity index is 2.71. The molecule has 1 aromatic heterocycles. The first-order chi connectivity index (χ1) is 8.01. The third-order valence-corrected chi connectivity index (χ3v) is 7.00. The van der Waals surface area contributed by atoms with Gasteiger partial charge in [-0.2, -0.15) is 0 Å². The topological polar surface area (TPSA) is 77.0 Å². The van der Waals surface area contributed by atoms with Gasteiger partial charge in [0.25, 0.3) is 0 Å². The van der Waals surface area contributed by atoms with Gasteiger partial charge in [-0.1, -0.05) is 38.0 Å². The van der Waals surface area contributed by atoms with Crippen molar-refractivity contribution in [3.8, 4) is 0 Å². The molecule has 0 aliphatic rings. The van der Waals surface area contributed by atoms with Crippen LogP contribution in [0.25, 0.3) is 0 Å². The molecule has 0 radical (unpaired) electrons. The molecule has 98 valence electrons. The lowest BCUT2D eigenvalue weighted by Gasteiger charge is -1.95. The number of unbranched alkanes of at least 4 members (excludes halogenated alkanes) is 2. The van der Waals surface area contributed by atoms with Crippen molar-refractivity contribution in [3.05, 3.63) is 0 Å². The van der Waals surface area contributed by atoms with E-state index in [4.69, 9.17) is 0 Å². The second-order valence-electron chi connectivity index (χ2n) is 3.49. The fourth-order valence-corrected chi connectivity index (χ4v) is 4.72. The second-order valence-corrected chi connectivity index (χ2v) is 8.67. The quantitative estimate of drug-likeness (QED) is 0.715. The van der Waals surface area contributed by atoms with Crippen LogP contribution in [0.4, 0.5) is 0 Å². The molecule has 1 atom stereocenters. The average molecular weight is 296 g/mol. The van der Waals surface area contributed by atoms with Crippen LogP contribution in [0.15, 0.2) is 8.68 Å². The first kappa shape index (κ1) is 14.7. The van der Waals surface area contributed by atoms with Gasteiger partial charge in [-0.25, -0.2) is 8.42 Å². The summed E-state index contributed by atoms with van der Waals surface area (Å²) in [5.41, 5.74) is 0. The number of aromatic nitrogens is 2. The molecule has 0 aliphatic carbocycles. The molecule has 0 aliphatic heterocycles. The Kier molecular flexibility index (Phi) is 5.68. The summed E-state index contributed by atoms with van der Waals surface area (Å²) < 4.78 is 35.1. The molecule has 5 nitrogen and oxygen atoms in total. The first-order valence-electron chi connectivity index (χ1n) is 5.46. The van der Waals surface area contributed by atoms with Gasteiger partial charge in [0, 0.05) is 5.75 Å². The van der Waals surface area contributed by atoms with E-state index in [2.05, 4.69) is 17.1 Å².